The number of hydrogen-bond acceptors (Lipinski definition) is 2. The van der Waals surface area contributed by atoms with Crippen LogP contribution >= 0.6 is 0 Å². The first-order chi connectivity index (χ1) is 8.88. The average molecular weight is 241 g/mol. The lowest BCUT2D eigenvalue weighted by molar-refractivity contribution is 0.306. The highest BCUT2D eigenvalue weighted by molar-refractivity contribution is 5.28. The summed E-state index contributed by atoms with van der Waals surface area (Å²) in [5.41, 5.74) is 2.52. The molecule has 0 saturated carbocycles. The third-order valence-corrected chi connectivity index (χ3v) is 2.84. The zero-order chi connectivity index (χ0) is 12.6. The van der Waals surface area contributed by atoms with E-state index in [9.17, 15) is 0 Å². The smallest absolute Gasteiger partial charge is 0.119 e. The summed E-state index contributed by atoms with van der Waals surface area (Å²) in [6.07, 6.45) is 1.05. The fourth-order valence-electron chi connectivity index (χ4n) is 1.76. The zero-order valence-electron chi connectivity index (χ0n) is 10.7. The molecule has 2 aromatic rings. The Bertz CT molecular complexity index is 450. The van der Waals surface area contributed by atoms with Gasteiger partial charge in [0.1, 0.15) is 12.4 Å². The van der Waals surface area contributed by atoms with Gasteiger partial charge in [-0.15, -0.1) is 0 Å². The van der Waals surface area contributed by atoms with E-state index in [1.165, 1.54) is 11.1 Å². The van der Waals surface area contributed by atoms with Crippen molar-refractivity contribution in [2.45, 2.75) is 13.0 Å². The molecule has 94 valence electrons. The fourth-order valence-corrected chi connectivity index (χ4v) is 1.76. The van der Waals surface area contributed by atoms with E-state index in [1.807, 2.05) is 37.4 Å². The monoisotopic (exact) mass is 241 g/mol. The average Bonchev–Trinajstić information content (AvgIpc) is 2.45. The molecule has 0 aliphatic heterocycles. The maximum absolute atomic E-state index is 5.74. The number of rotatable bonds is 6. The normalized spacial score (nSPS) is 10.3. The van der Waals surface area contributed by atoms with Gasteiger partial charge in [-0.25, -0.2) is 0 Å². The van der Waals surface area contributed by atoms with E-state index in [4.69, 9.17) is 4.74 Å². The van der Waals surface area contributed by atoms with Gasteiger partial charge in [-0.2, -0.15) is 0 Å². The van der Waals surface area contributed by atoms with Crippen molar-refractivity contribution in [3.63, 3.8) is 0 Å². The predicted octanol–water partition coefficient (Wildman–Crippen LogP) is 3.03. The first-order valence-corrected chi connectivity index (χ1v) is 6.29. The van der Waals surface area contributed by atoms with Crippen molar-refractivity contribution in [1.29, 1.82) is 0 Å². The molecule has 1 N–H and O–H groups in total. The third kappa shape index (κ3) is 3.90. The largest absolute Gasteiger partial charge is 0.489 e. The van der Waals surface area contributed by atoms with E-state index in [0.29, 0.717) is 6.61 Å². The molecule has 0 heterocycles. The van der Waals surface area contributed by atoms with Gasteiger partial charge in [0, 0.05) is 0 Å². The first-order valence-electron chi connectivity index (χ1n) is 6.29. The van der Waals surface area contributed by atoms with Crippen LogP contribution in [0.25, 0.3) is 0 Å². The summed E-state index contributed by atoms with van der Waals surface area (Å²) in [5, 5.41) is 3.15. The minimum atomic E-state index is 0.622. The van der Waals surface area contributed by atoms with E-state index in [1.54, 1.807) is 0 Å². The van der Waals surface area contributed by atoms with E-state index >= 15 is 0 Å². The summed E-state index contributed by atoms with van der Waals surface area (Å²) in [5.74, 6) is 0.923. The molecule has 2 rings (SSSR count). The second-order valence-electron chi connectivity index (χ2n) is 4.27. The van der Waals surface area contributed by atoms with Crippen molar-refractivity contribution in [1.82, 2.24) is 5.32 Å². The van der Waals surface area contributed by atoms with E-state index in [0.717, 1.165) is 18.7 Å². The molecule has 0 aliphatic rings. The molecule has 0 fully saturated rings. The number of ether oxygens (including phenoxy) is 1. The Balaban J connectivity index is 1.86. The summed E-state index contributed by atoms with van der Waals surface area (Å²) in [4.78, 5) is 0. The van der Waals surface area contributed by atoms with Crippen LogP contribution in [0.3, 0.4) is 0 Å². The molecule has 2 aromatic carbocycles. The van der Waals surface area contributed by atoms with Gasteiger partial charge in [-0.1, -0.05) is 42.5 Å². The molecule has 2 heteroatoms. The zero-order valence-corrected chi connectivity index (χ0v) is 10.7. The van der Waals surface area contributed by atoms with Crippen molar-refractivity contribution >= 4 is 0 Å². The Morgan fingerprint density at radius 3 is 2.28 bits per heavy atom. The van der Waals surface area contributed by atoms with Crippen LogP contribution in [-0.4, -0.2) is 13.6 Å². The van der Waals surface area contributed by atoms with Crippen molar-refractivity contribution in [3.05, 3.63) is 65.7 Å². The molecule has 0 unspecified atom stereocenters. The van der Waals surface area contributed by atoms with Crippen LogP contribution < -0.4 is 10.1 Å². The van der Waals surface area contributed by atoms with Crippen LogP contribution in [0.2, 0.25) is 0 Å². The lowest BCUT2D eigenvalue weighted by atomic mass is 10.1. The van der Waals surface area contributed by atoms with E-state index < -0.39 is 0 Å². The van der Waals surface area contributed by atoms with Crippen LogP contribution in [0.15, 0.2) is 54.6 Å². The Kier molecular flexibility index (Phi) is 4.79. The molecule has 0 bridgehead atoms. The molecule has 2 nitrogen and oxygen atoms in total. The van der Waals surface area contributed by atoms with Crippen LogP contribution in [0.1, 0.15) is 11.1 Å². The highest BCUT2D eigenvalue weighted by Crippen LogP contribution is 2.14. The molecule has 0 aromatic heterocycles. The third-order valence-electron chi connectivity index (χ3n) is 2.84. The number of nitrogens with one attached hydrogen (secondary N) is 1. The number of likely N-dealkylation sites (N-methyl/N-ethyl adjacent to an activating group) is 1. The minimum absolute atomic E-state index is 0.622. The molecule has 0 radical (unpaired) electrons. The van der Waals surface area contributed by atoms with Gasteiger partial charge < -0.3 is 10.1 Å². The molecule has 0 aliphatic carbocycles. The predicted molar refractivity (Wildman–Crippen MR) is 74.8 cm³/mol. The summed E-state index contributed by atoms with van der Waals surface area (Å²) in [6.45, 7) is 1.63. The maximum Gasteiger partial charge on any atom is 0.119 e. The molecular weight excluding hydrogens is 222 g/mol. The summed E-state index contributed by atoms with van der Waals surface area (Å²) >= 11 is 0. The molecule has 0 saturated heterocycles. The molecule has 0 atom stereocenters. The maximum atomic E-state index is 5.74. The van der Waals surface area contributed by atoms with Gasteiger partial charge in [0.15, 0.2) is 0 Å². The number of benzene rings is 2. The highest BCUT2D eigenvalue weighted by Gasteiger charge is 1.96. The van der Waals surface area contributed by atoms with Gasteiger partial charge >= 0.3 is 0 Å². The van der Waals surface area contributed by atoms with Crippen LogP contribution in [0, 0.1) is 0 Å². The van der Waals surface area contributed by atoms with E-state index in [-0.39, 0.29) is 0 Å². The second-order valence-corrected chi connectivity index (χ2v) is 4.27. The number of hydrogen-bond donors (Lipinski definition) is 1. The van der Waals surface area contributed by atoms with Crippen molar-refractivity contribution in [2.24, 2.45) is 0 Å². The standard InChI is InChI=1S/C16H19NO/c1-17-12-11-14-7-9-16(10-8-14)18-13-15-5-3-2-4-6-15/h2-10,17H,11-13H2,1H3. The van der Waals surface area contributed by atoms with Gasteiger partial charge in [0.05, 0.1) is 0 Å². The second kappa shape index (κ2) is 6.82. The Hall–Kier alpha value is -1.80. The molecular formula is C16H19NO. The molecule has 18 heavy (non-hydrogen) atoms. The van der Waals surface area contributed by atoms with Crippen LogP contribution in [0.5, 0.6) is 5.75 Å². The SMILES string of the molecule is CNCCc1ccc(OCc2ccccc2)cc1. The molecule has 0 amide bonds. The topological polar surface area (TPSA) is 21.3 Å². The van der Waals surface area contributed by atoms with Gasteiger partial charge in [0.2, 0.25) is 0 Å². The molecule has 0 spiro atoms. The Labute approximate surface area is 109 Å². The first kappa shape index (κ1) is 12.7. The highest BCUT2D eigenvalue weighted by atomic mass is 16.5. The van der Waals surface area contributed by atoms with Crippen molar-refractivity contribution in [3.8, 4) is 5.75 Å². The summed E-state index contributed by atoms with van der Waals surface area (Å²) in [6, 6.07) is 18.5. The lowest BCUT2D eigenvalue weighted by Gasteiger charge is -2.07. The lowest BCUT2D eigenvalue weighted by Crippen LogP contribution is -2.10. The van der Waals surface area contributed by atoms with Gasteiger partial charge in [-0.05, 0) is 43.3 Å². The van der Waals surface area contributed by atoms with Crippen molar-refractivity contribution in [2.75, 3.05) is 13.6 Å². The summed E-state index contributed by atoms with van der Waals surface area (Å²) in [7, 11) is 1.97. The van der Waals surface area contributed by atoms with Crippen LogP contribution in [-0.2, 0) is 13.0 Å². The Morgan fingerprint density at radius 2 is 1.61 bits per heavy atom. The fraction of sp³-hybridized carbons (Fsp3) is 0.250. The Morgan fingerprint density at radius 1 is 0.889 bits per heavy atom. The van der Waals surface area contributed by atoms with Crippen molar-refractivity contribution < 1.29 is 4.74 Å². The summed E-state index contributed by atoms with van der Waals surface area (Å²) < 4.78 is 5.74. The van der Waals surface area contributed by atoms with Gasteiger partial charge in [-0.3, -0.25) is 0 Å². The van der Waals surface area contributed by atoms with Gasteiger partial charge in [0.25, 0.3) is 0 Å². The van der Waals surface area contributed by atoms with Crippen LogP contribution in [0.4, 0.5) is 0 Å². The quantitative estimate of drug-likeness (QED) is 0.839. The van der Waals surface area contributed by atoms with E-state index in [2.05, 4.69) is 29.6 Å². The minimum Gasteiger partial charge on any atom is -0.489 e.